The quantitative estimate of drug-likeness (QED) is 0.879. The Labute approximate surface area is 115 Å². The van der Waals surface area contributed by atoms with Crippen LogP contribution in [-0.4, -0.2) is 45.8 Å². The van der Waals surface area contributed by atoms with E-state index in [9.17, 15) is 0 Å². The van der Waals surface area contributed by atoms with Gasteiger partial charge in [-0.05, 0) is 43.8 Å². The largest absolute Gasteiger partial charge is 0.316 e. The van der Waals surface area contributed by atoms with Gasteiger partial charge < -0.3 is 5.32 Å². The molecule has 2 fully saturated rings. The monoisotopic (exact) mass is 263 g/mol. The molecule has 0 saturated carbocycles. The summed E-state index contributed by atoms with van der Waals surface area (Å²) >= 11 is 0. The van der Waals surface area contributed by atoms with Crippen LogP contribution >= 0.6 is 0 Å². The minimum Gasteiger partial charge on any atom is -0.316 e. The van der Waals surface area contributed by atoms with Crippen molar-refractivity contribution in [1.82, 2.24) is 25.0 Å². The van der Waals surface area contributed by atoms with Crippen molar-refractivity contribution in [2.45, 2.75) is 33.4 Å². The van der Waals surface area contributed by atoms with Crippen LogP contribution in [0.1, 0.15) is 26.1 Å². The third kappa shape index (κ3) is 2.98. The third-order valence-electron chi connectivity index (χ3n) is 4.39. The number of hydrogen-bond acceptors (Lipinski definition) is 4. The Kier molecular flexibility index (Phi) is 3.84. The van der Waals surface area contributed by atoms with E-state index in [0.29, 0.717) is 5.92 Å². The lowest BCUT2D eigenvalue weighted by Crippen LogP contribution is -2.40. The molecular formula is C14H25N5. The van der Waals surface area contributed by atoms with E-state index in [1.807, 2.05) is 0 Å². The van der Waals surface area contributed by atoms with Gasteiger partial charge in [0.1, 0.15) is 12.2 Å². The van der Waals surface area contributed by atoms with Crippen molar-refractivity contribution in [2.75, 3.05) is 26.2 Å². The highest BCUT2D eigenvalue weighted by molar-refractivity contribution is 4.91. The number of nitrogens with zero attached hydrogens (tertiary/aromatic N) is 4. The molecule has 5 heteroatoms. The molecule has 2 aliphatic rings. The molecule has 1 aromatic rings. The van der Waals surface area contributed by atoms with Gasteiger partial charge in [-0.1, -0.05) is 13.8 Å². The van der Waals surface area contributed by atoms with Gasteiger partial charge in [0.15, 0.2) is 0 Å². The summed E-state index contributed by atoms with van der Waals surface area (Å²) in [5.74, 6) is 3.49. The second kappa shape index (κ2) is 5.59. The van der Waals surface area contributed by atoms with Crippen LogP contribution < -0.4 is 5.32 Å². The first kappa shape index (κ1) is 13.1. The van der Waals surface area contributed by atoms with E-state index in [-0.39, 0.29) is 0 Å². The predicted molar refractivity (Wildman–Crippen MR) is 74.6 cm³/mol. The molecule has 0 aromatic carbocycles. The first-order valence-corrected chi connectivity index (χ1v) is 7.52. The van der Waals surface area contributed by atoms with Gasteiger partial charge in [-0.25, -0.2) is 9.67 Å². The number of rotatable bonds is 4. The smallest absolute Gasteiger partial charge is 0.141 e. The van der Waals surface area contributed by atoms with Crippen LogP contribution in [0.5, 0.6) is 0 Å². The van der Waals surface area contributed by atoms with E-state index >= 15 is 0 Å². The lowest BCUT2D eigenvalue weighted by molar-refractivity contribution is 0.137. The van der Waals surface area contributed by atoms with Gasteiger partial charge in [0.25, 0.3) is 0 Å². The maximum atomic E-state index is 4.44. The molecule has 2 saturated heterocycles. The fourth-order valence-electron chi connectivity index (χ4n) is 3.36. The van der Waals surface area contributed by atoms with Gasteiger partial charge in [-0.2, -0.15) is 5.10 Å². The zero-order chi connectivity index (χ0) is 13.2. The zero-order valence-corrected chi connectivity index (χ0v) is 12.0. The summed E-state index contributed by atoms with van der Waals surface area (Å²) in [7, 11) is 0. The van der Waals surface area contributed by atoms with Gasteiger partial charge in [0.2, 0.25) is 0 Å². The Balaban J connectivity index is 1.60. The highest BCUT2D eigenvalue weighted by atomic mass is 15.3. The van der Waals surface area contributed by atoms with Crippen LogP contribution in [0.4, 0.5) is 0 Å². The first-order chi connectivity index (χ1) is 9.22. The van der Waals surface area contributed by atoms with Gasteiger partial charge in [-0.3, -0.25) is 4.90 Å². The molecule has 106 valence electrons. The van der Waals surface area contributed by atoms with Crippen molar-refractivity contribution >= 4 is 0 Å². The molecule has 0 bridgehead atoms. The Morgan fingerprint density at radius 1 is 1.37 bits per heavy atom. The second-order valence-electron chi connectivity index (χ2n) is 6.45. The summed E-state index contributed by atoms with van der Waals surface area (Å²) in [6, 6.07) is 0. The molecule has 19 heavy (non-hydrogen) atoms. The minimum atomic E-state index is 0.616. The van der Waals surface area contributed by atoms with Gasteiger partial charge in [0.05, 0.1) is 6.54 Å². The van der Waals surface area contributed by atoms with Crippen molar-refractivity contribution in [2.24, 2.45) is 17.8 Å². The summed E-state index contributed by atoms with van der Waals surface area (Å²) in [5, 5.41) is 7.88. The van der Waals surface area contributed by atoms with Crippen molar-refractivity contribution in [3.63, 3.8) is 0 Å². The Morgan fingerprint density at radius 3 is 3.05 bits per heavy atom. The van der Waals surface area contributed by atoms with Crippen LogP contribution in [0, 0.1) is 17.8 Å². The van der Waals surface area contributed by atoms with Crippen LogP contribution in [0.25, 0.3) is 0 Å². The molecule has 5 nitrogen and oxygen atoms in total. The minimum absolute atomic E-state index is 0.616. The number of aromatic nitrogens is 3. The molecule has 3 heterocycles. The maximum absolute atomic E-state index is 4.44. The maximum Gasteiger partial charge on any atom is 0.141 e. The molecule has 2 aliphatic heterocycles. The van der Waals surface area contributed by atoms with E-state index in [2.05, 4.69) is 38.8 Å². The Hall–Kier alpha value is -0.940. The standard InChI is InChI=1S/C14H25N5/c1-11(2)7-19-14(16-10-17-19)9-18-4-3-12-5-15-6-13(12)8-18/h10-13,15H,3-9H2,1-2H3. The van der Waals surface area contributed by atoms with Crippen LogP contribution in [0.2, 0.25) is 0 Å². The van der Waals surface area contributed by atoms with E-state index < -0.39 is 0 Å². The normalized spacial score (nSPS) is 27.9. The molecule has 1 N–H and O–H groups in total. The van der Waals surface area contributed by atoms with Crippen molar-refractivity contribution in [3.05, 3.63) is 12.2 Å². The van der Waals surface area contributed by atoms with Crippen molar-refractivity contribution < 1.29 is 0 Å². The summed E-state index contributed by atoms with van der Waals surface area (Å²) in [4.78, 5) is 6.99. The van der Waals surface area contributed by atoms with Crippen molar-refractivity contribution in [3.8, 4) is 0 Å². The lowest BCUT2D eigenvalue weighted by Gasteiger charge is -2.34. The Morgan fingerprint density at radius 2 is 2.21 bits per heavy atom. The molecule has 3 rings (SSSR count). The fourth-order valence-corrected chi connectivity index (χ4v) is 3.36. The molecule has 0 radical (unpaired) electrons. The summed E-state index contributed by atoms with van der Waals surface area (Å²) in [6.07, 6.45) is 3.03. The second-order valence-corrected chi connectivity index (χ2v) is 6.45. The number of piperidine rings is 1. The average Bonchev–Trinajstić information content (AvgIpc) is 2.98. The number of nitrogens with one attached hydrogen (secondary N) is 1. The van der Waals surface area contributed by atoms with E-state index in [1.165, 1.54) is 32.6 Å². The molecule has 0 aliphatic carbocycles. The van der Waals surface area contributed by atoms with E-state index in [1.54, 1.807) is 6.33 Å². The molecule has 1 aromatic heterocycles. The summed E-state index contributed by atoms with van der Waals surface area (Å²) in [5.41, 5.74) is 0. The summed E-state index contributed by atoms with van der Waals surface area (Å²) in [6.45, 7) is 11.2. The van der Waals surface area contributed by atoms with E-state index in [4.69, 9.17) is 0 Å². The molecule has 2 unspecified atom stereocenters. The number of likely N-dealkylation sites (tertiary alicyclic amines) is 1. The average molecular weight is 263 g/mol. The van der Waals surface area contributed by atoms with Gasteiger partial charge in [0, 0.05) is 13.1 Å². The molecule has 0 amide bonds. The first-order valence-electron chi connectivity index (χ1n) is 7.52. The zero-order valence-electron chi connectivity index (χ0n) is 12.0. The molecule has 0 spiro atoms. The third-order valence-corrected chi connectivity index (χ3v) is 4.39. The van der Waals surface area contributed by atoms with Crippen molar-refractivity contribution in [1.29, 1.82) is 0 Å². The van der Waals surface area contributed by atoms with Gasteiger partial charge >= 0.3 is 0 Å². The predicted octanol–water partition coefficient (Wildman–Crippen LogP) is 0.975. The van der Waals surface area contributed by atoms with Crippen LogP contribution in [0.3, 0.4) is 0 Å². The summed E-state index contributed by atoms with van der Waals surface area (Å²) < 4.78 is 2.07. The fraction of sp³-hybridized carbons (Fsp3) is 0.857. The van der Waals surface area contributed by atoms with Gasteiger partial charge in [-0.15, -0.1) is 0 Å². The highest BCUT2D eigenvalue weighted by Gasteiger charge is 2.32. The number of hydrogen-bond donors (Lipinski definition) is 1. The van der Waals surface area contributed by atoms with Crippen LogP contribution in [-0.2, 0) is 13.1 Å². The number of fused-ring (bicyclic) bond motifs is 1. The molecule has 2 atom stereocenters. The topological polar surface area (TPSA) is 46.0 Å². The SMILES string of the molecule is CC(C)Cn1ncnc1CN1CCC2CNCC2C1. The molecular weight excluding hydrogens is 238 g/mol. The Bertz CT molecular complexity index is 414. The lowest BCUT2D eigenvalue weighted by atomic mass is 9.89. The van der Waals surface area contributed by atoms with Crippen LogP contribution in [0.15, 0.2) is 6.33 Å². The van der Waals surface area contributed by atoms with E-state index in [0.717, 1.165) is 30.7 Å². The highest BCUT2D eigenvalue weighted by Crippen LogP contribution is 2.27.